The highest BCUT2D eigenvalue weighted by molar-refractivity contribution is 6.16. The van der Waals surface area contributed by atoms with Crippen molar-refractivity contribution in [1.82, 2.24) is 0 Å². The number of nitrogens with one attached hydrogen (secondary N) is 1. The first-order valence-electron chi connectivity index (χ1n) is 2.54. The average molecular weight is 127 g/mol. The quantitative estimate of drug-likeness (QED) is 0.430. The first-order chi connectivity index (χ1) is 4.09. The van der Waals surface area contributed by atoms with Crippen molar-refractivity contribution in [1.29, 1.82) is 5.41 Å². The van der Waals surface area contributed by atoms with E-state index in [4.69, 9.17) is 10.5 Å². The number of hydrogen-bond acceptors (Lipinski definition) is 2. The molecule has 0 saturated heterocycles. The molecule has 0 unspecified atom stereocenters. The minimum Gasteiger partial charge on any atom is -0.478 e. The van der Waals surface area contributed by atoms with Crippen LogP contribution < -0.4 is 0 Å². The lowest BCUT2D eigenvalue weighted by Gasteiger charge is -1.94. The standard InChI is InChI=1S/C6H9NO2/c1-3-5(4(2)7)6(8)9/h3,7H,1-2H3,(H,8,9)/b5-3+,7-4?. The number of carboxylic acid groups (broad SMARTS) is 1. The Morgan fingerprint density at radius 3 is 2.11 bits per heavy atom. The van der Waals surface area contributed by atoms with Gasteiger partial charge < -0.3 is 10.5 Å². The van der Waals surface area contributed by atoms with E-state index in [2.05, 4.69) is 0 Å². The molecule has 0 saturated carbocycles. The summed E-state index contributed by atoms with van der Waals surface area (Å²) in [5, 5.41) is 15.3. The Hall–Kier alpha value is -1.12. The van der Waals surface area contributed by atoms with E-state index in [-0.39, 0.29) is 11.3 Å². The third kappa shape index (κ3) is 2.08. The molecule has 0 fully saturated rings. The minimum absolute atomic E-state index is 0.0648. The summed E-state index contributed by atoms with van der Waals surface area (Å²) in [5.41, 5.74) is 0.153. The molecule has 0 radical (unpaired) electrons. The smallest absolute Gasteiger partial charge is 0.337 e. The third-order valence-corrected chi connectivity index (χ3v) is 0.923. The summed E-state index contributed by atoms with van der Waals surface area (Å²) < 4.78 is 0. The second-order valence-electron chi connectivity index (χ2n) is 1.63. The fourth-order valence-corrected chi connectivity index (χ4v) is 0.500. The molecule has 0 aromatic rings. The fraction of sp³-hybridized carbons (Fsp3) is 0.333. The van der Waals surface area contributed by atoms with Gasteiger partial charge in [0.1, 0.15) is 0 Å². The van der Waals surface area contributed by atoms with Crippen molar-refractivity contribution in [3.05, 3.63) is 11.6 Å². The van der Waals surface area contributed by atoms with Crippen LogP contribution in [0, 0.1) is 5.41 Å². The number of carbonyl (C=O) groups is 1. The molecule has 3 nitrogen and oxygen atoms in total. The Morgan fingerprint density at radius 1 is 1.67 bits per heavy atom. The number of allylic oxidation sites excluding steroid dienone is 1. The van der Waals surface area contributed by atoms with Gasteiger partial charge in [0.05, 0.1) is 5.57 Å². The lowest BCUT2D eigenvalue weighted by atomic mass is 10.2. The molecule has 0 rings (SSSR count). The van der Waals surface area contributed by atoms with Gasteiger partial charge in [0, 0.05) is 5.71 Å². The van der Waals surface area contributed by atoms with Crippen LogP contribution >= 0.6 is 0 Å². The maximum Gasteiger partial charge on any atom is 0.337 e. The van der Waals surface area contributed by atoms with E-state index in [1.54, 1.807) is 6.92 Å². The number of aliphatic carboxylic acids is 1. The Kier molecular flexibility index (Phi) is 2.64. The number of rotatable bonds is 2. The number of hydrogen-bond donors (Lipinski definition) is 2. The molecule has 0 bridgehead atoms. The topological polar surface area (TPSA) is 61.2 Å². The normalized spacial score (nSPS) is 11.1. The van der Waals surface area contributed by atoms with Gasteiger partial charge in [0.25, 0.3) is 0 Å². The largest absolute Gasteiger partial charge is 0.478 e. The molecule has 0 amide bonds. The van der Waals surface area contributed by atoms with Crippen molar-refractivity contribution in [2.24, 2.45) is 0 Å². The van der Waals surface area contributed by atoms with Crippen molar-refractivity contribution in [2.45, 2.75) is 13.8 Å². The van der Waals surface area contributed by atoms with Gasteiger partial charge in [0.2, 0.25) is 0 Å². The van der Waals surface area contributed by atoms with Crippen LogP contribution in [0.1, 0.15) is 13.8 Å². The molecule has 0 spiro atoms. The van der Waals surface area contributed by atoms with E-state index in [9.17, 15) is 4.79 Å². The van der Waals surface area contributed by atoms with Gasteiger partial charge in [-0.3, -0.25) is 0 Å². The lowest BCUT2D eigenvalue weighted by molar-refractivity contribution is -0.132. The van der Waals surface area contributed by atoms with Crippen molar-refractivity contribution in [3.8, 4) is 0 Å². The minimum atomic E-state index is -1.04. The lowest BCUT2D eigenvalue weighted by Crippen LogP contribution is -2.07. The van der Waals surface area contributed by atoms with Crippen molar-refractivity contribution in [2.75, 3.05) is 0 Å². The van der Waals surface area contributed by atoms with Crippen LogP contribution in [0.2, 0.25) is 0 Å². The van der Waals surface area contributed by atoms with Crippen LogP contribution in [0.25, 0.3) is 0 Å². The van der Waals surface area contributed by atoms with Gasteiger partial charge in [-0.15, -0.1) is 0 Å². The van der Waals surface area contributed by atoms with Gasteiger partial charge in [-0.05, 0) is 13.8 Å². The molecule has 50 valence electrons. The first kappa shape index (κ1) is 7.88. The van der Waals surface area contributed by atoms with Crippen LogP contribution in [0.4, 0.5) is 0 Å². The molecule has 0 aliphatic rings. The van der Waals surface area contributed by atoms with Crippen molar-refractivity contribution < 1.29 is 9.90 Å². The van der Waals surface area contributed by atoms with Crippen molar-refractivity contribution >= 4 is 11.7 Å². The zero-order valence-electron chi connectivity index (χ0n) is 5.43. The molecule has 2 N–H and O–H groups in total. The van der Waals surface area contributed by atoms with Gasteiger partial charge in [0.15, 0.2) is 0 Å². The average Bonchev–Trinajstić information content (AvgIpc) is 1.64. The van der Waals surface area contributed by atoms with Crippen molar-refractivity contribution in [3.63, 3.8) is 0 Å². The zero-order chi connectivity index (χ0) is 7.44. The summed E-state index contributed by atoms with van der Waals surface area (Å²) in [6, 6.07) is 0. The fourth-order valence-electron chi connectivity index (χ4n) is 0.500. The Balaban J connectivity index is 4.38. The van der Waals surface area contributed by atoms with Gasteiger partial charge in [-0.1, -0.05) is 6.08 Å². The second kappa shape index (κ2) is 3.02. The van der Waals surface area contributed by atoms with E-state index in [1.165, 1.54) is 13.0 Å². The molecular weight excluding hydrogens is 118 g/mol. The second-order valence-corrected chi connectivity index (χ2v) is 1.63. The molecule has 0 aliphatic heterocycles. The third-order valence-electron chi connectivity index (χ3n) is 0.923. The first-order valence-corrected chi connectivity index (χ1v) is 2.54. The van der Waals surface area contributed by atoms with E-state index < -0.39 is 5.97 Å². The molecule has 0 aliphatic carbocycles. The van der Waals surface area contributed by atoms with Crippen LogP contribution in [-0.2, 0) is 4.79 Å². The molecule has 3 heteroatoms. The molecule has 0 atom stereocenters. The summed E-state index contributed by atoms with van der Waals surface area (Å²) in [6.45, 7) is 3.05. The Morgan fingerprint density at radius 2 is 2.11 bits per heavy atom. The summed E-state index contributed by atoms with van der Waals surface area (Å²) >= 11 is 0. The molecular formula is C6H9NO2. The van der Waals surface area contributed by atoms with Crippen LogP contribution in [-0.4, -0.2) is 16.8 Å². The molecule has 9 heavy (non-hydrogen) atoms. The predicted molar refractivity (Wildman–Crippen MR) is 34.8 cm³/mol. The van der Waals surface area contributed by atoms with Crippen LogP contribution in [0.15, 0.2) is 11.6 Å². The highest BCUT2D eigenvalue weighted by Crippen LogP contribution is 1.94. The van der Waals surface area contributed by atoms with E-state index in [1.807, 2.05) is 0 Å². The maximum absolute atomic E-state index is 10.2. The Bertz CT molecular complexity index is 154. The summed E-state index contributed by atoms with van der Waals surface area (Å²) in [5.74, 6) is -1.04. The Labute approximate surface area is 53.5 Å². The van der Waals surface area contributed by atoms with Gasteiger partial charge in [-0.25, -0.2) is 4.79 Å². The highest BCUT2D eigenvalue weighted by Gasteiger charge is 2.05. The predicted octanol–water partition coefficient (Wildman–Crippen LogP) is 1.06. The van der Waals surface area contributed by atoms with E-state index in [0.717, 1.165) is 0 Å². The summed E-state index contributed by atoms with van der Waals surface area (Å²) in [6.07, 6.45) is 1.41. The SMILES string of the molecule is C/C=C(\C(C)=N)C(=O)O. The van der Waals surface area contributed by atoms with E-state index >= 15 is 0 Å². The van der Waals surface area contributed by atoms with Gasteiger partial charge >= 0.3 is 5.97 Å². The summed E-state index contributed by atoms with van der Waals surface area (Å²) in [7, 11) is 0. The molecule has 0 heterocycles. The molecule has 0 aromatic carbocycles. The zero-order valence-corrected chi connectivity index (χ0v) is 5.43. The molecule has 0 aromatic heterocycles. The highest BCUT2D eigenvalue weighted by atomic mass is 16.4. The summed E-state index contributed by atoms with van der Waals surface area (Å²) in [4.78, 5) is 10.2. The van der Waals surface area contributed by atoms with Crippen LogP contribution in [0.5, 0.6) is 0 Å². The number of carboxylic acids is 1. The monoisotopic (exact) mass is 127 g/mol. The van der Waals surface area contributed by atoms with E-state index in [0.29, 0.717) is 0 Å². The van der Waals surface area contributed by atoms with Crippen LogP contribution in [0.3, 0.4) is 0 Å². The van der Waals surface area contributed by atoms with Gasteiger partial charge in [-0.2, -0.15) is 0 Å². The maximum atomic E-state index is 10.2.